The topological polar surface area (TPSA) is 69.6 Å². The maximum absolute atomic E-state index is 13.7. The van der Waals surface area contributed by atoms with E-state index < -0.39 is 12.5 Å². The summed E-state index contributed by atoms with van der Waals surface area (Å²) in [5, 5.41) is 10.6. The molecule has 174 valence electrons. The number of hydrogen-bond acceptors (Lipinski definition) is 4. The Morgan fingerprint density at radius 3 is 2.67 bits per heavy atom. The van der Waals surface area contributed by atoms with Crippen LogP contribution in [0.25, 0.3) is 22.3 Å². The van der Waals surface area contributed by atoms with Gasteiger partial charge in [0.1, 0.15) is 5.82 Å². The summed E-state index contributed by atoms with van der Waals surface area (Å²) in [5.41, 5.74) is 1.89. The number of hydrogen-bond donors (Lipinski definition) is 1. The molecule has 0 bridgehead atoms. The first-order chi connectivity index (χ1) is 15.7. The van der Waals surface area contributed by atoms with Crippen LogP contribution in [0, 0.1) is 12.8 Å². The second-order valence-corrected chi connectivity index (χ2v) is 9.00. The van der Waals surface area contributed by atoms with E-state index in [1.54, 1.807) is 18.2 Å². The number of aryl methyl sites for hydroxylation is 1. The lowest BCUT2D eigenvalue weighted by atomic mass is 10.1. The average molecular weight is 455 g/mol. The third-order valence-electron chi connectivity index (χ3n) is 5.98. The molecule has 1 aromatic heterocycles. The van der Waals surface area contributed by atoms with E-state index in [2.05, 4.69) is 9.88 Å². The van der Waals surface area contributed by atoms with E-state index in [9.17, 15) is 18.7 Å². The van der Waals surface area contributed by atoms with Gasteiger partial charge >= 0.3 is 6.09 Å². The zero-order valence-corrected chi connectivity index (χ0v) is 19.0. The number of anilines is 1. The minimum Gasteiger partial charge on any atom is -0.465 e. The van der Waals surface area contributed by atoms with Crippen LogP contribution in [-0.4, -0.2) is 51.7 Å². The second-order valence-electron chi connectivity index (χ2n) is 9.00. The monoisotopic (exact) mass is 454 g/mol. The predicted molar refractivity (Wildman–Crippen MR) is 125 cm³/mol. The fraction of sp³-hybridized carbons (Fsp3) is 0.400. The fourth-order valence-electron chi connectivity index (χ4n) is 4.44. The predicted octanol–water partition coefficient (Wildman–Crippen LogP) is 5.76. The minimum absolute atomic E-state index is 0.108. The summed E-state index contributed by atoms with van der Waals surface area (Å²) in [6.45, 7) is 7.53. The molecule has 1 N–H and O–H groups in total. The Kier molecular flexibility index (Phi) is 6.44. The van der Waals surface area contributed by atoms with Gasteiger partial charge in [-0.3, -0.25) is 0 Å². The van der Waals surface area contributed by atoms with Crippen LogP contribution in [-0.2, 0) is 0 Å². The van der Waals surface area contributed by atoms with E-state index in [1.807, 2.05) is 39.0 Å². The summed E-state index contributed by atoms with van der Waals surface area (Å²) < 4.78 is 27.4. The molecule has 6 nitrogen and oxygen atoms in total. The number of alkyl halides is 2. The molecule has 4 rings (SSSR count). The molecule has 1 saturated heterocycles. The maximum atomic E-state index is 13.7. The van der Waals surface area contributed by atoms with E-state index in [0.29, 0.717) is 43.0 Å². The average Bonchev–Trinajstić information content (AvgIpc) is 3.25. The summed E-state index contributed by atoms with van der Waals surface area (Å²) in [4.78, 5) is 24.8. The highest BCUT2D eigenvalue weighted by atomic mass is 19.3. The number of benzene rings is 2. The van der Waals surface area contributed by atoms with Crippen molar-refractivity contribution in [2.24, 2.45) is 5.92 Å². The quantitative estimate of drug-likeness (QED) is 0.513. The Morgan fingerprint density at radius 2 is 1.97 bits per heavy atom. The van der Waals surface area contributed by atoms with Crippen LogP contribution in [0.15, 0.2) is 42.5 Å². The van der Waals surface area contributed by atoms with Crippen molar-refractivity contribution in [3.05, 3.63) is 53.6 Å². The van der Waals surface area contributed by atoms with Crippen molar-refractivity contribution in [2.45, 2.75) is 39.7 Å². The van der Waals surface area contributed by atoms with Crippen LogP contribution < -0.4 is 4.90 Å². The van der Waals surface area contributed by atoms with Gasteiger partial charge in [-0.05, 0) is 37.0 Å². The number of rotatable bonds is 6. The van der Waals surface area contributed by atoms with Gasteiger partial charge in [-0.2, -0.15) is 0 Å². The molecular formula is C25H28F2N4O2. The van der Waals surface area contributed by atoms with Crippen molar-refractivity contribution >= 4 is 22.8 Å². The molecular weight excluding hydrogens is 426 g/mol. The number of halogens is 2. The molecule has 1 atom stereocenters. The molecule has 1 fully saturated rings. The van der Waals surface area contributed by atoms with Crippen LogP contribution in [0.1, 0.15) is 37.8 Å². The molecule has 8 heteroatoms. The van der Waals surface area contributed by atoms with Crippen LogP contribution >= 0.6 is 0 Å². The molecule has 1 amide bonds. The third-order valence-corrected chi connectivity index (χ3v) is 5.98. The Hall–Kier alpha value is -3.29. The smallest absolute Gasteiger partial charge is 0.407 e. The zero-order valence-electron chi connectivity index (χ0n) is 19.0. The van der Waals surface area contributed by atoms with Gasteiger partial charge in [0.25, 0.3) is 6.43 Å². The molecule has 33 heavy (non-hydrogen) atoms. The van der Waals surface area contributed by atoms with Crippen LogP contribution in [0.2, 0.25) is 0 Å². The highest BCUT2D eigenvalue weighted by molar-refractivity contribution is 5.92. The Labute approximate surface area is 191 Å². The fourth-order valence-corrected chi connectivity index (χ4v) is 4.44. The third kappa shape index (κ3) is 4.74. The summed E-state index contributed by atoms with van der Waals surface area (Å²) >= 11 is 0. The Bertz CT molecular complexity index is 1170. The normalized spacial score (nSPS) is 16.2. The molecule has 0 radical (unpaired) electrons. The van der Waals surface area contributed by atoms with Crippen molar-refractivity contribution in [3.63, 3.8) is 0 Å². The van der Waals surface area contributed by atoms with E-state index >= 15 is 0 Å². The van der Waals surface area contributed by atoms with Crippen molar-refractivity contribution in [1.82, 2.24) is 14.9 Å². The lowest BCUT2D eigenvalue weighted by Gasteiger charge is -2.28. The number of carboxylic acid groups (broad SMARTS) is 1. The molecule has 2 aromatic carbocycles. The van der Waals surface area contributed by atoms with Gasteiger partial charge in [-0.15, -0.1) is 0 Å². The van der Waals surface area contributed by atoms with Gasteiger partial charge < -0.3 is 14.9 Å². The first kappa shape index (κ1) is 22.9. The van der Waals surface area contributed by atoms with E-state index in [1.165, 1.54) is 11.0 Å². The minimum atomic E-state index is -2.64. The largest absolute Gasteiger partial charge is 0.465 e. The number of aromatic nitrogens is 2. The lowest BCUT2D eigenvalue weighted by molar-refractivity contribution is 0.121. The second kappa shape index (κ2) is 9.29. The highest BCUT2D eigenvalue weighted by Crippen LogP contribution is 2.34. The zero-order chi connectivity index (χ0) is 23.7. The standard InChI is InChI=1S/C25H28F2N4O2/c1-15(2)13-31(25(32)33)17-10-11-30(14-17)24-20-9-8-16(3)12-21(20)28-23(29-24)19-7-5-4-6-18(19)22(26)27/h4-9,12,15,17,22H,10-11,13-14H2,1-3H3,(H,32,33). The number of fused-ring (bicyclic) bond motifs is 1. The first-order valence-corrected chi connectivity index (χ1v) is 11.1. The van der Waals surface area contributed by atoms with Gasteiger partial charge in [-0.1, -0.05) is 44.2 Å². The molecule has 0 aliphatic carbocycles. The van der Waals surface area contributed by atoms with E-state index in [4.69, 9.17) is 4.98 Å². The van der Waals surface area contributed by atoms with Crippen LogP contribution in [0.5, 0.6) is 0 Å². The van der Waals surface area contributed by atoms with Gasteiger partial charge in [0, 0.05) is 36.1 Å². The summed E-state index contributed by atoms with van der Waals surface area (Å²) in [6, 6.07) is 12.0. The van der Waals surface area contributed by atoms with Crippen molar-refractivity contribution in [2.75, 3.05) is 24.5 Å². The molecule has 3 aromatic rings. The molecule has 1 unspecified atom stereocenters. The van der Waals surface area contributed by atoms with Crippen molar-refractivity contribution in [3.8, 4) is 11.4 Å². The first-order valence-electron chi connectivity index (χ1n) is 11.1. The number of nitrogens with zero attached hydrogens (tertiary/aromatic N) is 4. The maximum Gasteiger partial charge on any atom is 0.407 e. The molecule has 0 spiro atoms. The van der Waals surface area contributed by atoms with Gasteiger partial charge in [0.15, 0.2) is 5.82 Å². The molecule has 1 aliphatic heterocycles. The van der Waals surface area contributed by atoms with Crippen molar-refractivity contribution < 1.29 is 18.7 Å². The van der Waals surface area contributed by atoms with Crippen molar-refractivity contribution in [1.29, 1.82) is 0 Å². The highest BCUT2D eigenvalue weighted by Gasteiger charge is 2.32. The van der Waals surface area contributed by atoms with Crippen LogP contribution in [0.3, 0.4) is 0 Å². The molecule has 0 saturated carbocycles. The molecule has 1 aliphatic rings. The number of carbonyl (C=O) groups is 1. The summed E-state index contributed by atoms with van der Waals surface area (Å²) in [7, 11) is 0. The number of amides is 1. The Balaban J connectivity index is 1.78. The van der Waals surface area contributed by atoms with Gasteiger partial charge in [0.2, 0.25) is 0 Å². The molecule has 2 heterocycles. The van der Waals surface area contributed by atoms with Gasteiger partial charge in [0.05, 0.1) is 11.6 Å². The summed E-state index contributed by atoms with van der Waals surface area (Å²) in [5.74, 6) is 1.12. The van der Waals surface area contributed by atoms with Gasteiger partial charge in [-0.25, -0.2) is 23.5 Å². The SMILES string of the molecule is Cc1ccc2c(N3CCC(N(CC(C)C)C(=O)O)C3)nc(-c3ccccc3C(F)F)nc2c1. The van der Waals surface area contributed by atoms with Crippen LogP contribution in [0.4, 0.5) is 19.4 Å². The summed E-state index contributed by atoms with van der Waals surface area (Å²) in [6.07, 6.45) is -2.89. The Morgan fingerprint density at radius 1 is 1.21 bits per heavy atom. The van der Waals surface area contributed by atoms with E-state index in [0.717, 1.165) is 10.9 Å². The van der Waals surface area contributed by atoms with E-state index in [-0.39, 0.29) is 23.3 Å². The lowest BCUT2D eigenvalue weighted by Crippen LogP contribution is -2.43.